The maximum Gasteiger partial charge on any atom is 0.306 e. The van der Waals surface area contributed by atoms with Crippen LogP contribution in [-0.2, 0) is 14.3 Å². The van der Waals surface area contributed by atoms with Crippen molar-refractivity contribution in [1.82, 2.24) is 10.2 Å². The number of likely N-dealkylation sites (N-methyl/N-ethyl adjacent to an activating group) is 1. The highest BCUT2D eigenvalue weighted by Crippen LogP contribution is 2.10. The van der Waals surface area contributed by atoms with Crippen molar-refractivity contribution >= 4 is 11.9 Å². The number of rotatable bonds is 6. The van der Waals surface area contributed by atoms with E-state index in [-0.39, 0.29) is 30.3 Å². The Bertz CT molecular complexity index is 317. The largest absolute Gasteiger partial charge is 0.460 e. The molecule has 0 saturated heterocycles. The maximum absolute atomic E-state index is 11.6. The number of amides is 1. The van der Waals surface area contributed by atoms with Gasteiger partial charge in [-0.2, -0.15) is 0 Å². The van der Waals surface area contributed by atoms with Crippen molar-refractivity contribution in [2.45, 2.75) is 58.6 Å². The highest BCUT2D eigenvalue weighted by molar-refractivity contribution is 5.81. The van der Waals surface area contributed by atoms with E-state index in [1.165, 1.54) is 0 Å². The molecule has 0 fully saturated rings. The van der Waals surface area contributed by atoms with Gasteiger partial charge in [0.25, 0.3) is 0 Å². The van der Waals surface area contributed by atoms with Crippen molar-refractivity contribution in [2.24, 2.45) is 0 Å². The van der Waals surface area contributed by atoms with Crippen LogP contribution in [0, 0.1) is 0 Å². The minimum atomic E-state index is -0.500. The third kappa shape index (κ3) is 8.59. The zero-order valence-electron chi connectivity index (χ0n) is 13.3. The second kappa shape index (κ2) is 6.89. The lowest BCUT2D eigenvalue weighted by molar-refractivity contribution is -0.155. The molecule has 0 unspecified atom stereocenters. The average Bonchev–Trinajstić information content (AvgIpc) is 2.21. The summed E-state index contributed by atoms with van der Waals surface area (Å²) < 4.78 is 5.14. The van der Waals surface area contributed by atoms with E-state index >= 15 is 0 Å². The minimum absolute atomic E-state index is 0.110. The highest BCUT2D eigenvalue weighted by atomic mass is 16.6. The first-order valence-corrected chi connectivity index (χ1v) is 6.60. The molecule has 0 bridgehead atoms. The fraction of sp³-hybridized carbons (Fsp3) is 0.857. The number of carbonyl (C=O) groups excluding carboxylic acids is 2. The first kappa shape index (κ1) is 17.9. The fourth-order valence-corrected chi connectivity index (χ4v) is 1.17. The Morgan fingerprint density at radius 1 is 1.05 bits per heavy atom. The number of nitrogens with one attached hydrogen (secondary N) is 1. The first-order valence-electron chi connectivity index (χ1n) is 6.60. The van der Waals surface area contributed by atoms with Crippen LogP contribution in [0.5, 0.6) is 0 Å². The summed E-state index contributed by atoms with van der Waals surface area (Å²) in [5.41, 5.74) is -0.609. The molecule has 112 valence electrons. The summed E-state index contributed by atoms with van der Waals surface area (Å²) >= 11 is 0. The van der Waals surface area contributed by atoms with Crippen molar-refractivity contribution < 1.29 is 14.3 Å². The molecule has 5 nitrogen and oxygen atoms in total. The lowest BCUT2D eigenvalue weighted by atomic mass is 10.0. The van der Waals surface area contributed by atoms with Gasteiger partial charge in [0.15, 0.2) is 0 Å². The lowest BCUT2D eigenvalue weighted by Crippen LogP contribution is -2.48. The van der Waals surface area contributed by atoms with Gasteiger partial charge in [-0.1, -0.05) is 0 Å². The number of esters is 1. The van der Waals surface area contributed by atoms with E-state index in [2.05, 4.69) is 5.32 Å². The minimum Gasteiger partial charge on any atom is -0.460 e. The second-order valence-corrected chi connectivity index (χ2v) is 6.57. The summed E-state index contributed by atoms with van der Waals surface area (Å²) in [7, 11) is 3.93. The number of hydrogen-bond donors (Lipinski definition) is 1. The summed E-state index contributed by atoms with van der Waals surface area (Å²) in [6.07, 6.45) is 0.282. The third-order valence-electron chi connectivity index (χ3n) is 2.91. The summed E-state index contributed by atoms with van der Waals surface area (Å²) in [6, 6.07) is 0. The van der Waals surface area contributed by atoms with Gasteiger partial charge in [-0.05, 0) is 48.7 Å². The van der Waals surface area contributed by atoms with Gasteiger partial charge in [0, 0.05) is 18.5 Å². The number of carbonyl (C=O) groups is 2. The lowest BCUT2D eigenvalue weighted by Gasteiger charge is -2.32. The van der Waals surface area contributed by atoms with Crippen molar-refractivity contribution in [3.05, 3.63) is 0 Å². The van der Waals surface area contributed by atoms with E-state index in [1.807, 2.05) is 53.6 Å². The van der Waals surface area contributed by atoms with Crippen LogP contribution in [0.4, 0.5) is 0 Å². The molecule has 0 heterocycles. The molecular weight excluding hydrogens is 244 g/mol. The Morgan fingerprint density at radius 3 is 2.00 bits per heavy atom. The number of hydrogen-bond acceptors (Lipinski definition) is 4. The molecule has 0 aromatic carbocycles. The van der Waals surface area contributed by atoms with Crippen LogP contribution < -0.4 is 5.32 Å². The van der Waals surface area contributed by atoms with Gasteiger partial charge in [0.2, 0.25) is 5.91 Å². The molecular formula is C14H28N2O3. The summed E-state index contributed by atoms with van der Waals surface area (Å²) in [4.78, 5) is 25.1. The van der Waals surface area contributed by atoms with Gasteiger partial charge in [-0.15, -0.1) is 0 Å². The van der Waals surface area contributed by atoms with Crippen LogP contribution in [0.1, 0.15) is 47.5 Å². The zero-order valence-corrected chi connectivity index (χ0v) is 13.3. The van der Waals surface area contributed by atoms with Crippen molar-refractivity contribution in [1.29, 1.82) is 0 Å². The van der Waals surface area contributed by atoms with Crippen LogP contribution >= 0.6 is 0 Å². The molecule has 0 aromatic heterocycles. The molecule has 0 aliphatic heterocycles. The molecule has 0 rings (SSSR count). The molecule has 0 radical (unpaired) electrons. The molecule has 0 atom stereocenters. The molecule has 0 aliphatic carbocycles. The zero-order chi connectivity index (χ0) is 15.3. The number of nitrogens with zero attached hydrogens (tertiary/aromatic N) is 1. The molecule has 1 amide bonds. The molecule has 19 heavy (non-hydrogen) atoms. The molecule has 0 aliphatic rings. The van der Waals surface area contributed by atoms with E-state index < -0.39 is 5.60 Å². The molecule has 0 saturated carbocycles. The smallest absolute Gasteiger partial charge is 0.306 e. The molecule has 5 heteroatoms. The van der Waals surface area contributed by atoms with Crippen molar-refractivity contribution in [2.75, 3.05) is 20.6 Å². The van der Waals surface area contributed by atoms with E-state index in [1.54, 1.807) is 0 Å². The second-order valence-electron chi connectivity index (χ2n) is 6.57. The van der Waals surface area contributed by atoms with Gasteiger partial charge >= 0.3 is 5.97 Å². The fourth-order valence-electron chi connectivity index (χ4n) is 1.17. The van der Waals surface area contributed by atoms with Gasteiger partial charge in [-0.3, -0.25) is 9.59 Å². The van der Waals surface area contributed by atoms with E-state index in [0.29, 0.717) is 6.54 Å². The van der Waals surface area contributed by atoms with Gasteiger partial charge in [-0.25, -0.2) is 0 Å². The molecule has 1 N–H and O–H groups in total. The summed E-state index contributed by atoms with van der Waals surface area (Å²) in [5, 5.41) is 2.83. The molecule has 0 aromatic rings. The Balaban J connectivity index is 3.98. The quantitative estimate of drug-likeness (QED) is 0.746. The topological polar surface area (TPSA) is 58.6 Å². The van der Waals surface area contributed by atoms with E-state index in [9.17, 15) is 9.59 Å². The normalized spacial score (nSPS) is 12.4. The first-order chi connectivity index (χ1) is 8.44. The highest BCUT2D eigenvalue weighted by Gasteiger charge is 2.21. The van der Waals surface area contributed by atoms with Crippen LogP contribution in [0.25, 0.3) is 0 Å². The third-order valence-corrected chi connectivity index (χ3v) is 2.91. The van der Waals surface area contributed by atoms with Crippen LogP contribution in [0.3, 0.4) is 0 Å². The maximum atomic E-state index is 11.6. The summed E-state index contributed by atoms with van der Waals surface area (Å²) in [5.74, 6) is -0.463. The van der Waals surface area contributed by atoms with Gasteiger partial charge < -0.3 is 15.0 Å². The SMILES string of the molecule is CN(C)C(C)(C)CNC(=O)CCC(=O)OC(C)(C)C. The van der Waals surface area contributed by atoms with Crippen LogP contribution in [-0.4, -0.2) is 48.6 Å². The predicted octanol–water partition coefficient (Wildman–Crippen LogP) is 1.56. The summed E-state index contributed by atoms with van der Waals surface area (Å²) in [6.45, 7) is 10.1. The van der Waals surface area contributed by atoms with Crippen molar-refractivity contribution in [3.8, 4) is 0 Å². The Kier molecular flexibility index (Phi) is 6.49. The van der Waals surface area contributed by atoms with E-state index in [0.717, 1.165) is 0 Å². The monoisotopic (exact) mass is 272 g/mol. The Morgan fingerprint density at radius 2 is 1.58 bits per heavy atom. The standard InChI is InChI=1S/C14H28N2O3/c1-13(2,3)19-12(18)9-8-11(17)15-10-14(4,5)16(6)7/h8-10H2,1-7H3,(H,15,17). The van der Waals surface area contributed by atoms with Crippen molar-refractivity contribution in [3.63, 3.8) is 0 Å². The van der Waals surface area contributed by atoms with Gasteiger partial charge in [0.05, 0.1) is 6.42 Å². The van der Waals surface area contributed by atoms with Crippen LogP contribution in [0.2, 0.25) is 0 Å². The van der Waals surface area contributed by atoms with Gasteiger partial charge in [0.1, 0.15) is 5.60 Å². The van der Waals surface area contributed by atoms with Crippen LogP contribution in [0.15, 0.2) is 0 Å². The number of ether oxygens (including phenoxy) is 1. The average molecular weight is 272 g/mol. The molecule has 0 spiro atoms. The van der Waals surface area contributed by atoms with E-state index in [4.69, 9.17) is 4.74 Å². The predicted molar refractivity (Wildman–Crippen MR) is 75.9 cm³/mol. The Hall–Kier alpha value is -1.10. The Labute approximate surface area is 116 Å².